The number of carbonyl (C=O) groups excluding carboxylic acids is 1. The van der Waals surface area contributed by atoms with Crippen LogP contribution in [0.5, 0.6) is 0 Å². The van der Waals surface area contributed by atoms with Crippen molar-refractivity contribution in [1.82, 2.24) is 14.6 Å². The lowest BCUT2D eigenvalue weighted by Crippen LogP contribution is -3.13. The normalized spacial score (nSPS) is 15.7. The molecule has 9 heteroatoms. The Morgan fingerprint density at radius 1 is 1.22 bits per heavy atom. The number of nitrogens with zero attached hydrogens (tertiary/aromatic N) is 2. The first-order valence-corrected chi connectivity index (χ1v) is 10.5. The molecule has 144 valence electrons. The van der Waals surface area contributed by atoms with Crippen molar-refractivity contribution in [2.45, 2.75) is 11.4 Å². The molecule has 27 heavy (non-hydrogen) atoms. The van der Waals surface area contributed by atoms with E-state index in [0.29, 0.717) is 18.7 Å². The van der Waals surface area contributed by atoms with Gasteiger partial charge in [0.1, 0.15) is 11.4 Å². The van der Waals surface area contributed by atoms with Gasteiger partial charge in [0.25, 0.3) is 5.91 Å². The SMILES string of the molecule is CNS(=O)(=O)c1cc(C(=O)N2CC[NH+](Cc3ccncc3)CC2)ccc1Cl. The summed E-state index contributed by atoms with van der Waals surface area (Å²) in [4.78, 5) is 19.9. The number of halogens is 1. The number of hydrogen-bond donors (Lipinski definition) is 2. The first kappa shape index (κ1) is 19.8. The number of sulfonamides is 1. The summed E-state index contributed by atoms with van der Waals surface area (Å²) in [5, 5.41) is 0.0903. The third-order valence-corrected chi connectivity index (χ3v) is 6.59. The second-order valence-electron chi connectivity index (χ2n) is 6.43. The predicted molar refractivity (Wildman–Crippen MR) is 102 cm³/mol. The number of nitrogens with one attached hydrogen (secondary N) is 2. The molecule has 0 aliphatic carbocycles. The number of hydrogen-bond acceptors (Lipinski definition) is 4. The van der Waals surface area contributed by atoms with Crippen LogP contribution in [0.2, 0.25) is 5.02 Å². The van der Waals surface area contributed by atoms with Crippen molar-refractivity contribution in [3.63, 3.8) is 0 Å². The third kappa shape index (κ3) is 4.65. The van der Waals surface area contributed by atoms with E-state index in [1.54, 1.807) is 23.4 Å². The van der Waals surface area contributed by atoms with Crippen LogP contribution in [0, 0.1) is 0 Å². The van der Waals surface area contributed by atoms with Crippen molar-refractivity contribution in [1.29, 1.82) is 0 Å². The maximum Gasteiger partial charge on any atom is 0.254 e. The number of piperazine rings is 1. The molecule has 1 fully saturated rings. The molecule has 0 atom stereocenters. The lowest BCUT2D eigenvalue weighted by atomic mass is 10.1. The maximum absolute atomic E-state index is 12.8. The summed E-state index contributed by atoms with van der Waals surface area (Å²) < 4.78 is 26.4. The molecule has 2 aromatic rings. The first-order chi connectivity index (χ1) is 12.9. The van der Waals surface area contributed by atoms with Crippen molar-refractivity contribution in [2.75, 3.05) is 33.2 Å². The molecule has 1 amide bonds. The molecule has 0 radical (unpaired) electrons. The fourth-order valence-electron chi connectivity index (χ4n) is 3.13. The summed E-state index contributed by atoms with van der Waals surface area (Å²) in [6, 6.07) is 8.36. The zero-order valence-electron chi connectivity index (χ0n) is 15.0. The summed E-state index contributed by atoms with van der Waals surface area (Å²) in [5.41, 5.74) is 1.55. The summed E-state index contributed by atoms with van der Waals surface area (Å²) >= 11 is 5.99. The highest BCUT2D eigenvalue weighted by Crippen LogP contribution is 2.23. The van der Waals surface area contributed by atoms with Gasteiger partial charge in [-0.2, -0.15) is 0 Å². The van der Waals surface area contributed by atoms with Gasteiger partial charge in [0.15, 0.2) is 0 Å². The van der Waals surface area contributed by atoms with Crippen LogP contribution >= 0.6 is 11.6 Å². The van der Waals surface area contributed by atoms with E-state index in [1.165, 1.54) is 29.6 Å². The number of aromatic nitrogens is 1. The Labute approximate surface area is 164 Å². The monoisotopic (exact) mass is 409 g/mol. The lowest BCUT2D eigenvalue weighted by Gasteiger charge is -2.32. The smallest absolute Gasteiger partial charge is 0.254 e. The van der Waals surface area contributed by atoms with Gasteiger partial charge in [0.05, 0.1) is 31.2 Å². The van der Waals surface area contributed by atoms with Crippen LogP contribution in [0.25, 0.3) is 0 Å². The van der Waals surface area contributed by atoms with E-state index < -0.39 is 10.0 Å². The van der Waals surface area contributed by atoms with E-state index in [2.05, 4.69) is 9.71 Å². The molecule has 0 saturated carbocycles. The Morgan fingerprint density at radius 2 is 1.89 bits per heavy atom. The summed E-state index contributed by atoms with van der Waals surface area (Å²) in [7, 11) is -2.41. The average molecular weight is 410 g/mol. The number of carbonyl (C=O) groups is 1. The zero-order valence-corrected chi connectivity index (χ0v) is 16.6. The van der Waals surface area contributed by atoms with Crippen molar-refractivity contribution in [3.8, 4) is 0 Å². The molecule has 1 saturated heterocycles. The van der Waals surface area contributed by atoms with Gasteiger partial charge < -0.3 is 9.80 Å². The highest BCUT2D eigenvalue weighted by molar-refractivity contribution is 7.89. The molecule has 2 heterocycles. The van der Waals surface area contributed by atoms with E-state index in [-0.39, 0.29) is 15.8 Å². The molecule has 0 bridgehead atoms. The Bertz CT molecular complexity index is 913. The quantitative estimate of drug-likeness (QED) is 0.738. The lowest BCUT2D eigenvalue weighted by molar-refractivity contribution is -0.917. The molecule has 2 N–H and O–H groups in total. The molecule has 0 unspecified atom stereocenters. The van der Waals surface area contributed by atoms with Crippen molar-refractivity contribution in [2.24, 2.45) is 0 Å². The Balaban J connectivity index is 1.67. The minimum absolute atomic E-state index is 0.0838. The topological polar surface area (TPSA) is 83.8 Å². The molecule has 1 aliphatic heterocycles. The van der Waals surface area contributed by atoms with Gasteiger partial charge >= 0.3 is 0 Å². The summed E-state index contributed by atoms with van der Waals surface area (Å²) in [6.45, 7) is 3.81. The molecule has 1 aliphatic rings. The molecule has 0 spiro atoms. The minimum atomic E-state index is -3.72. The van der Waals surface area contributed by atoms with E-state index in [0.717, 1.165) is 19.6 Å². The average Bonchev–Trinajstić information content (AvgIpc) is 2.69. The van der Waals surface area contributed by atoms with E-state index in [1.807, 2.05) is 12.1 Å². The van der Waals surface area contributed by atoms with E-state index in [9.17, 15) is 13.2 Å². The standard InChI is InChI=1S/C18H21ClN4O3S/c1-20-27(25,26)17-12-15(2-3-16(17)19)18(24)23-10-8-22(9-11-23)13-14-4-6-21-7-5-14/h2-7,12,20H,8-11,13H2,1H3/p+1. The summed E-state index contributed by atoms with van der Waals surface area (Å²) in [6.07, 6.45) is 3.57. The number of rotatable bonds is 5. The van der Waals surface area contributed by atoms with E-state index in [4.69, 9.17) is 11.6 Å². The van der Waals surface area contributed by atoms with Gasteiger partial charge in [-0.1, -0.05) is 11.6 Å². The fraction of sp³-hybridized carbons (Fsp3) is 0.333. The number of amides is 1. The second-order valence-corrected chi connectivity index (χ2v) is 8.69. The second kappa shape index (κ2) is 8.35. The van der Waals surface area contributed by atoms with Crippen LogP contribution in [-0.2, 0) is 16.6 Å². The van der Waals surface area contributed by atoms with Crippen LogP contribution in [0.4, 0.5) is 0 Å². The zero-order chi connectivity index (χ0) is 19.4. The van der Waals surface area contributed by atoms with Gasteiger partial charge in [-0.15, -0.1) is 0 Å². The Kier molecular flexibility index (Phi) is 6.11. The summed E-state index contributed by atoms with van der Waals surface area (Å²) in [5.74, 6) is -0.179. The van der Waals surface area contributed by atoms with Gasteiger partial charge in [-0.3, -0.25) is 9.78 Å². The molecule has 3 rings (SSSR count). The Morgan fingerprint density at radius 3 is 2.52 bits per heavy atom. The molecule has 1 aromatic heterocycles. The number of benzene rings is 1. The van der Waals surface area contributed by atoms with Crippen molar-refractivity contribution < 1.29 is 18.1 Å². The van der Waals surface area contributed by atoms with E-state index >= 15 is 0 Å². The van der Waals surface area contributed by atoms with Crippen LogP contribution in [0.1, 0.15) is 15.9 Å². The fourth-order valence-corrected chi connectivity index (χ4v) is 4.38. The van der Waals surface area contributed by atoms with Gasteiger partial charge in [0.2, 0.25) is 10.0 Å². The Hall–Kier alpha value is -2.00. The third-order valence-electron chi connectivity index (χ3n) is 4.70. The van der Waals surface area contributed by atoms with Gasteiger partial charge in [0, 0.05) is 23.5 Å². The minimum Gasteiger partial charge on any atom is -0.328 e. The largest absolute Gasteiger partial charge is 0.328 e. The highest BCUT2D eigenvalue weighted by atomic mass is 35.5. The van der Waals surface area contributed by atoms with Crippen molar-refractivity contribution in [3.05, 3.63) is 58.9 Å². The van der Waals surface area contributed by atoms with Crippen LogP contribution in [0.3, 0.4) is 0 Å². The number of quaternary nitrogens is 1. The van der Waals surface area contributed by atoms with Crippen LogP contribution in [0.15, 0.2) is 47.6 Å². The van der Waals surface area contributed by atoms with Crippen LogP contribution < -0.4 is 9.62 Å². The molecular weight excluding hydrogens is 388 g/mol. The maximum atomic E-state index is 12.8. The highest BCUT2D eigenvalue weighted by Gasteiger charge is 2.26. The van der Waals surface area contributed by atoms with Gasteiger partial charge in [-0.05, 0) is 37.4 Å². The predicted octanol–water partition coefficient (Wildman–Crippen LogP) is 0.184. The van der Waals surface area contributed by atoms with Gasteiger partial charge in [-0.25, -0.2) is 13.1 Å². The molecule has 1 aromatic carbocycles. The molecule has 7 nitrogen and oxygen atoms in total. The van der Waals surface area contributed by atoms with Crippen molar-refractivity contribution >= 4 is 27.5 Å². The number of pyridine rings is 1. The van der Waals surface area contributed by atoms with Crippen LogP contribution in [-0.4, -0.2) is 57.4 Å². The molecular formula is C18H22ClN4O3S+. The first-order valence-electron chi connectivity index (χ1n) is 8.65.